The molecule has 2 heterocycles. The summed E-state index contributed by atoms with van der Waals surface area (Å²) in [5, 5.41) is 14.0. The van der Waals surface area contributed by atoms with Crippen molar-refractivity contribution in [2.45, 2.75) is 38.5 Å². The Hall–Kier alpha value is -2.51. The number of carbonyl (C=O) groups excluding carboxylic acids is 1. The number of piperidine rings is 1. The molecule has 1 amide bonds. The lowest BCUT2D eigenvalue weighted by Gasteiger charge is -2.38. The van der Waals surface area contributed by atoms with Crippen LogP contribution >= 0.6 is 0 Å². The number of rotatable bonds is 7. The van der Waals surface area contributed by atoms with Crippen LogP contribution in [-0.2, 0) is 17.9 Å². The Labute approximate surface area is 164 Å². The van der Waals surface area contributed by atoms with E-state index in [2.05, 4.69) is 10.3 Å². The zero-order valence-corrected chi connectivity index (χ0v) is 16.2. The minimum Gasteiger partial charge on any atom is -0.497 e. The van der Waals surface area contributed by atoms with Gasteiger partial charge in [-0.1, -0.05) is 6.07 Å². The first-order chi connectivity index (χ1) is 13.4. The number of aryl methyl sites for hydroxylation is 1. The van der Waals surface area contributed by atoms with Crippen molar-refractivity contribution >= 4 is 5.91 Å². The first kappa shape index (κ1) is 20.2. The van der Waals surface area contributed by atoms with Gasteiger partial charge in [-0.25, -0.2) is 4.39 Å². The Morgan fingerprint density at radius 3 is 2.93 bits per heavy atom. The average Bonchev–Trinajstić information content (AvgIpc) is 2.67. The summed E-state index contributed by atoms with van der Waals surface area (Å²) < 4.78 is 19.3. The number of benzene rings is 1. The van der Waals surface area contributed by atoms with Gasteiger partial charge in [-0.2, -0.15) is 0 Å². The van der Waals surface area contributed by atoms with Crippen molar-refractivity contribution in [3.63, 3.8) is 0 Å². The number of likely N-dealkylation sites (tertiary alicyclic amines) is 1. The maximum absolute atomic E-state index is 14.1. The van der Waals surface area contributed by atoms with Gasteiger partial charge in [-0.15, -0.1) is 0 Å². The predicted octanol–water partition coefficient (Wildman–Crippen LogP) is 2.18. The topological polar surface area (TPSA) is 74.7 Å². The van der Waals surface area contributed by atoms with E-state index in [4.69, 9.17) is 4.74 Å². The largest absolute Gasteiger partial charge is 0.497 e. The SMILES string of the molecule is COc1ccc(F)c(CN2CCC[C@](O)(CNCc3cccc(C)n3)C2=O)c1. The van der Waals surface area contributed by atoms with Crippen molar-refractivity contribution in [2.24, 2.45) is 0 Å². The van der Waals surface area contributed by atoms with Gasteiger partial charge in [-0.05, 0) is 50.1 Å². The normalized spacial score (nSPS) is 19.7. The molecule has 0 radical (unpaired) electrons. The molecular formula is C21H26FN3O3. The van der Waals surface area contributed by atoms with Crippen molar-refractivity contribution in [1.29, 1.82) is 0 Å². The molecule has 1 aliphatic heterocycles. The molecular weight excluding hydrogens is 361 g/mol. The molecule has 0 bridgehead atoms. The van der Waals surface area contributed by atoms with Gasteiger partial charge >= 0.3 is 0 Å². The number of aliphatic hydroxyl groups is 1. The van der Waals surface area contributed by atoms with Crippen LogP contribution in [0.5, 0.6) is 5.75 Å². The number of aromatic nitrogens is 1. The van der Waals surface area contributed by atoms with Gasteiger partial charge in [0.25, 0.3) is 5.91 Å². The Morgan fingerprint density at radius 2 is 2.18 bits per heavy atom. The molecule has 7 heteroatoms. The fourth-order valence-corrected chi connectivity index (χ4v) is 3.48. The molecule has 2 aromatic rings. The second-order valence-corrected chi connectivity index (χ2v) is 7.19. The number of amides is 1. The third-order valence-electron chi connectivity index (χ3n) is 4.99. The molecule has 1 atom stereocenters. The van der Waals surface area contributed by atoms with Gasteiger partial charge < -0.3 is 20.1 Å². The van der Waals surface area contributed by atoms with Crippen LogP contribution in [-0.4, -0.2) is 46.7 Å². The van der Waals surface area contributed by atoms with Crippen molar-refractivity contribution in [3.05, 3.63) is 59.2 Å². The predicted molar refractivity (Wildman–Crippen MR) is 103 cm³/mol. The van der Waals surface area contributed by atoms with Crippen LogP contribution in [0, 0.1) is 12.7 Å². The lowest BCUT2D eigenvalue weighted by atomic mass is 9.91. The van der Waals surface area contributed by atoms with E-state index in [0.29, 0.717) is 37.2 Å². The molecule has 0 unspecified atom stereocenters. The van der Waals surface area contributed by atoms with E-state index in [-0.39, 0.29) is 19.0 Å². The van der Waals surface area contributed by atoms with Crippen molar-refractivity contribution < 1.29 is 19.0 Å². The van der Waals surface area contributed by atoms with E-state index in [1.165, 1.54) is 24.1 Å². The number of hydrogen-bond donors (Lipinski definition) is 2. The summed E-state index contributed by atoms with van der Waals surface area (Å²) in [5.74, 6) is -0.250. The van der Waals surface area contributed by atoms with Crippen LogP contribution in [0.3, 0.4) is 0 Å². The van der Waals surface area contributed by atoms with E-state index < -0.39 is 11.4 Å². The number of pyridine rings is 1. The second kappa shape index (κ2) is 8.67. The van der Waals surface area contributed by atoms with E-state index >= 15 is 0 Å². The lowest BCUT2D eigenvalue weighted by molar-refractivity contribution is -0.157. The average molecular weight is 387 g/mol. The molecule has 1 aliphatic rings. The van der Waals surface area contributed by atoms with E-state index in [1.807, 2.05) is 25.1 Å². The molecule has 1 fully saturated rings. The molecule has 1 aromatic carbocycles. The first-order valence-corrected chi connectivity index (χ1v) is 9.39. The fourth-order valence-electron chi connectivity index (χ4n) is 3.48. The molecule has 6 nitrogen and oxygen atoms in total. The van der Waals surface area contributed by atoms with Gasteiger partial charge in [-0.3, -0.25) is 9.78 Å². The van der Waals surface area contributed by atoms with Gasteiger partial charge in [0.05, 0.1) is 12.8 Å². The first-order valence-electron chi connectivity index (χ1n) is 9.39. The Kier molecular flexibility index (Phi) is 6.26. The minimum absolute atomic E-state index is 0.101. The molecule has 2 N–H and O–H groups in total. The summed E-state index contributed by atoms with van der Waals surface area (Å²) in [6.45, 7) is 3.08. The third kappa shape index (κ3) is 4.66. The number of ether oxygens (including phenoxy) is 1. The molecule has 150 valence electrons. The number of nitrogens with one attached hydrogen (secondary N) is 1. The summed E-state index contributed by atoms with van der Waals surface area (Å²) in [5.41, 5.74) is 0.631. The maximum atomic E-state index is 14.1. The van der Waals surface area contributed by atoms with Crippen molar-refractivity contribution in [3.8, 4) is 5.75 Å². The van der Waals surface area contributed by atoms with E-state index in [1.54, 1.807) is 6.07 Å². The highest BCUT2D eigenvalue weighted by molar-refractivity contribution is 5.86. The number of nitrogens with zero attached hydrogens (tertiary/aromatic N) is 2. The zero-order chi connectivity index (χ0) is 20.1. The Bertz CT molecular complexity index is 845. The van der Waals surface area contributed by atoms with Crippen molar-refractivity contribution in [1.82, 2.24) is 15.2 Å². The molecule has 0 spiro atoms. The maximum Gasteiger partial charge on any atom is 0.256 e. The molecule has 3 rings (SSSR count). The Balaban J connectivity index is 1.64. The summed E-state index contributed by atoms with van der Waals surface area (Å²) >= 11 is 0. The highest BCUT2D eigenvalue weighted by Crippen LogP contribution is 2.25. The van der Waals surface area contributed by atoms with Crippen LogP contribution < -0.4 is 10.1 Å². The number of halogens is 1. The quantitative estimate of drug-likeness (QED) is 0.762. The van der Waals surface area contributed by atoms with Gasteiger partial charge in [0.1, 0.15) is 11.6 Å². The van der Waals surface area contributed by atoms with E-state index in [9.17, 15) is 14.3 Å². The van der Waals surface area contributed by atoms with Crippen LogP contribution in [0.1, 0.15) is 29.8 Å². The van der Waals surface area contributed by atoms with Crippen LogP contribution in [0.2, 0.25) is 0 Å². The zero-order valence-electron chi connectivity index (χ0n) is 16.2. The molecule has 1 aromatic heterocycles. The fraction of sp³-hybridized carbons (Fsp3) is 0.429. The van der Waals surface area contributed by atoms with Gasteiger partial charge in [0, 0.05) is 37.4 Å². The number of hydrogen-bond acceptors (Lipinski definition) is 5. The monoisotopic (exact) mass is 387 g/mol. The summed E-state index contributed by atoms with van der Waals surface area (Å²) in [6.07, 6.45) is 1.02. The molecule has 28 heavy (non-hydrogen) atoms. The number of methoxy groups -OCH3 is 1. The summed E-state index contributed by atoms with van der Waals surface area (Å²) in [6, 6.07) is 10.2. The van der Waals surface area contributed by atoms with Gasteiger partial charge in [0.15, 0.2) is 5.60 Å². The minimum atomic E-state index is -1.50. The van der Waals surface area contributed by atoms with E-state index in [0.717, 1.165) is 11.4 Å². The molecule has 1 saturated heterocycles. The van der Waals surface area contributed by atoms with Gasteiger partial charge in [0.2, 0.25) is 0 Å². The highest BCUT2D eigenvalue weighted by Gasteiger charge is 2.41. The standard InChI is InChI=1S/C21H26FN3O3/c1-15-5-3-6-17(24-15)12-23-14-21(27)9-4-10-25(20(21)26)13-16-11-18(28-2)7-8-19(16)22/h3,5-8,11,23,27H,4,9-10,12-14H2,1-2H3/t21-/m0/s1. The van der Waals surface area contributed by atoms with Crippen LogP contribution in [0.4, 0.5) is 4.39 Å². The third-order valence-corrected chi connectivity index (χ3v) is 4.99. The lowest BCUT2D eigenvalue weighted by Crippen LogP contribution is -2.57. The number of carbonyl (C=O) groups is 1. The van der Waals surface area contributed by atoms with Crippen molar-refractivity contribution in [2.75, 3.05) is 20.2 Å². The Morgan fingerprint density at radius 1 is 1.36 bits per heavy atom. The second-order valence-electron chi connectivity index (χ2n) is 7.19. The smallest absolute Gasteiger partial charge is 0.256 e. The highest BCUT2D eigenvalue weighted by atomic mass is 19.1. The van der Waals surface area contributed by atoms with Crippen LogP contribution in [0.25, 0.3) is 0 Å². The molecule has 0 aliphatic carbocycles. The molecule has 0 saturated carbocycles. The summed E-state index contributed by atoms with van der Waals surface area (Å²) in [7, 11) is 1.51. The summed E-state index contributed by atoms with van der Waals surface area (Å²) in [4.78, 5) is 18.8. The van der Waals surface area contributed by atoms with Crippen LogP contribution in [0.15, 0.2) is 36.4 Å².